The van der Waals surface area contributed by atoms with Crippen molar-refractivity contribution in [2.24, 2.45) is 5.92 Å². The van der Waals surface area contributed by atoms with Crippen LogP contribution in [-0.4, -0.2) is 77.7 Å². The minimum Gasteiger partial charge on any atom is -0.481 e. The van der Waals surface area contributed by atoms with E-state index in [1.807, 2.05) is 17.0 Å². The molecule has 0 saturated carbocycles. The van der Waals surface area contributed by atoms with Gasteiger partial charge in [0.15, 0.2) is 11.5 Å². The number of hydrogen-bond acceptors (Lipinski definition) is 6. The maximum atomic E-state index is 14.3. The molecule has 0 bridgehead atoms. The first-order valence-corrected chi connectivity index (χ1v) is 15.4. The molecule has 1 N–H and O–H groups in total. The number of benzene rings is 2. The van der Waals surface area contributed by atoms with Gasteiger partial charge in [0, 0.05) is 49.7 Å². The van der Waals surface area contributed by atoms with E-state index in [0.717, 1.165) is 37.7 Å². The lowest BCUT2D eigenvalue weighted by Crippen LogP contribution is -2.51. The summed E-state index contributed by atoms with van der Waals surface area (Å²) in [7, 11) is 0. The van der Waals surface area contributed by atoms with Crippen molar-refractivity contribution in [1.82, 2.24) is 9.80 Å². The lowest BCUT2D eigenvalue weighted by molar-refractivity contribution is -0.144. The van der Waals surface area contributed by atoms with Crippen molar-refractivity contribution in [3.8, 4) is 11.5 Å². The number of nitrogens with zero attached hydrogens (tertiary/aromatic N) is 3. The van der Waals surface area contributed by atoms with Crippen LogP contribution in [0.4, 0.5) is 10.1 Å². The van der Waals surface area contributed by atoms with Crippen LogP contribution in [0.25, 0.3) is 0 Å². The second-order valence-electron chi connectivity index (χ2n) is 12.0. The third kappa shape index (κ3) is 6.49. The summed E-state index contributed by atoms with van der Waals surface area (Å²) in [5, 5.41) is 10.6. The Balaban J connectivity index is 1.49. The molecule has 3 atom stereocenters. The summed E-state index contributed by atoms with van der Waals surface area (Å²) < 4.78 is 25.3. The van der Waals surface area contributed by atoms with Gasteiger partial charge in [0.25, 0.3) is 0 Å². The number of aryl methyl sites for hydroxylation is 1. The molecule has 3 heterocycles. The van der Waals surface area contributed by atoms with Crippen molar-refractivity contribution in [2.45, 2.75) is 77.3 Å². The molecule has 10 heteroatoms. The van der Waals surface area contributed by atoms with Crippen molar-refractivity contribution < 1.29 is 33.4 Å². The summed E-state index contributed by atoms with van der Waals surface area (Å²) in [5.41, 5.74) is 1.90. The summed E-state index contributed by atoms with van der Waals surface area (Å²) in [5.74, 6) is -1.52. The number of carbonyl (C=O) groups excluding carboxylic acids is 2. The van der Waals surface area contributed by atoms with E-state index in [9.17, 15) is 23.9 Å². The standard InChI is InChI=1S/C33H42FN3O6/c1-4-7-23(8-5-2)37(24-11-12-26(34)21(3)15-24)31(39)19-36-17-25(22-10-13-28-29(16-22)43-20-42-28)32(33(40)41)27(36)18-35-14-6-9-30(35)38/h10-13,15-16,23,25,27,32H,4-9,14,17-20H2,1-3H3,(H,40,41)/t25-,27+,32-/m1/s1. The Bertz CT molecular complexity index is 1350. The molecular weight excluding hydrogens is 553 g/mol. The van der Waals surface area contributed by atoms with Crippen LogP contribution >= 0.6 is 0 Å². The molecule has 0 unspecified atom stereocenters. The Labute approximate surface area is 252 Å². The highest BCUT2D eigenvalue weighted by Crippen LogP contribution is 2.42. The smallest absolute Gasteiger partial charge is 0.308 e. The fraction of sp³-hybridized carbons (Fsp3) is 0.545. The van der Waals surface area contributed by atoms with Crippen molar-refractivity contribution in [2.75, 3.05) is 37.9 Å². The number of carboxylic acid groups (broad SMARTS) is 1. The molecule has 0 radical (unpaired) electrons. The lowest BCUT2D eigenvalue weighted by Gasteiger charge is -2.35. The second kappa shape index (κ2) is 13.3. The summed E-state index contributed by atoms with van der Waals surface area (Å²) >= 11 is 0. The largest absolute Gasteiger partial charge is 0.481 e. The molecule has 3 aliphatic heterocycles. The van der Waals surface area contributed by atoms with E-state index < -0.39 is 23.8 Å². The van der Waals surface area contributed by atoms with E-state index in [2.05, 4.69) is 13.8 Å². The number of halogens is 1. The maximum absolute atomic E-state index is 14.3. The lowest BCUT2D eigenvalue weighted by atomic mass is 9.85. The first-order chi connectivity index (χ1) is 20.7. The predicted molar refractivity (Wildman–Crippen MR) is 160 cm³/mol. The first-order valence-electron chi connectivity index (χ1n) is 15.4. The highest BCUT2D eigenvalue weighted by atomic mass is 19.1. The van der Waals surface area contributed by atoms with Gasteiger partial charge in [-0.25, -0.2) is 4.39 Å². The van der Waals surface area contributed by atoms with Crippen molar-refractivity contribution >= 4 is 23.5 Å². The van der Waals surface area contributed by atoms with Gasteiger partial charge in [-0.15, -0.1) is 0 Å². The second-order valence-corrected chi connectivity index (χ2v) is 12.0. The number of amides is 2. The predicted octanol–water partition coefficient (Wildman–Crippen LogP) is 4.96. The average molecular weight is 596 g/mol. The van der Waals surface area contributed by atoms with E-state index in [-0.39, 0.29) is 43.6 Å². The van der Waals surface area contributed by atoms with Gasteiger partial charge in [-0.2, -0.15) is 0 Å². The molecule has 2 saturated heterocycles. The van der Waals surface area contributed by atoms with E-state index in [0.29, 0.717) is 42.3 Å². The number of fused-ring (bicyclic) bond motifs is 1. The molecule has 9 nitrogen and oxygen atoms in total. The monoisotopic (exact) mass is 595 g/mol. The topological polar surface area (TPSA) is 99.6 Å². The Morgan fingerprint density at radius 2 is 1.84 bits per heavy atom. The molecule has 2 aromatic rings. The summed E-state index contributed by atoms with van der Waals surface area (Å²) in [6.45, 7) is 7.10. The first kappa shape index (κ1) is 30.8. The molecule has 2 aromatic carbocycles. The van der Waals surface area contributed by atoms with Gasteiger partial charge >= 0.3 is 5.97 Å². The normalized spacial score (nSPS) is 21.7. The van der Waals surface area contributed by atoms with Gasteiger partial charge in [-0.1, -0.05) is 32.8 Å². The van der Waals surface area contributed by atoms with Crippen LogP contribution in [0.3, 0.4) is 0 Å². The summed E-state index contributed by atoms with van der Waals surface area (Å²) in [4.78, 5) is 45.4. The molecule has 3 aliphatic rings. The molecule has 43 heavy (non-hydrogen) atoms. The Morgan fingerprint density at radius 1 is 1.09 bits per heavy atom. The Morgan fingerprint density at radius 3 is 2.49 bits per heavy atom. The molecule has 2 fully saturated rings. The van der Waals surface area contributed by atoms with E-state index >= 15 is 0 Å². The molecule has 0 spiro atoms. The Hall–Kier alpha value is -3.66. The van der Waals surface area contributed by atoms with Crippen LogP contribution in [0.15, 0.2) is 36.4 Å². The van der Waals surface area contributed by atoms with Crippen molar-refractivity contribution in [3.63, 3.8) is 0 Å². The third-order valence-electron chi connectivity index (χ3n) is 9.07. The number of rotatable bonds is 12. The molecule has 0 aliphatic carbocycles. The van der Waals surface area contributed by atoms with Gasteiger partial charge in [0.1, 0.15) is 5.82 Å². The van der Waals surface area contributed by atoms with Crippen LogP contribution in [0.1, 0.15) is 69.4 Å². The number of anilines is 1. The maximum Gasteiger partial charge on any atom is 0.308 e. The molecule has 232 valence electrons. The van der Waals surface area contributed by atoms with Crippen LogP contribution in [0, 0.1) is 18.7 Å². The van der Waals surface area contributed by atoms with Gasteiger partial charge < -0.3 is 24.4 Å². The fourth-order valence-electron chi connectivity index (χ4n) is 6.98. The van der Waals surface area contributed by atoms with E-state index in [4.69, 9.17) is 9.47 Å². The summed E-state index contributed by atoms with van der Waals surface area (Å²) in [6, 6.07) is 9.61. The van der Waals surface area contributed by atoms with E-state index in [1.165, 1.54) is 6.07 Å². The minimum atomic E-state index is -0.963. The van der Waals surface area contributed by atoms with Crippen LogP contribution in [0.2, 0.25) is 0 Å². The Kier molecular flexibility index (Phi) is 9.54. The molecule has 0 aromatic heterocycles. The summed E-state index contributed by atoms with van der Waals surface area (Å²) in [6.07, 6.45) is 4.53. The minimum absolute atomic E-state index is 0.0105. The van der Waals surface area contributed by atoms with Crippen molar-refractivity contribution in [3.05, 3.63) is 53.3 Å². The van der Waals surface area contributed by atoms with Crippen LogP contribution in [0.5, 0.6) is 11.5 Å². The van der Waals surface area contributed by atoms with Crippen LogP contribution in [-0.2, 0) is 14.4 Å². The average Bonchev–Trinajstić information content (AvgIpc) is 3.70. The zero-order valence-electron chi connectivity index (χ0n) is 25.3. The molecule has 2 amide bonds. The number of ether oxygens (including phenoxy) is 2. The quantitative estimate of drug-likeness (QED) is 0.371. The number of carbonyl (C=O) groups is 3. The van der Waals surface area contributed by atoms with Crippen LogP contribution < -0.4 is 14.4 Å². The zero-order chi connectivity index (χ0) is 30.7. The molecule has 5 rings (SSSR count). The highest BCUT2D eigenvalue weighted by molar-refractivity contribution is 5.95. The number of likely N-dealkylation sites (tertiary alicyclic amines) is 2. The third-order valence-corrected chi connectivity index (χ3v) is 9.07. The highest BCUT2D eigenvalue weighted by Gasteiger charge is 2.49. The van der Waals surface area contributed by atoms with Gasteiger partial charge in [0.05, 0.1) is 12.5 Å². The molecular formula is C33H42FN3O6. The number of carboxylic acids is 1. The van der Waals surface area contributed by atoms with E-state index in [1.54, 1.807) is 34.9 Å². The number of aliphatic carboxylic acids is 1. The van der Waals surface area contributed by atoms with Gasteiger partial charge in [-0.3, -0.25) is 19.3 Å². The SMILES string of the molecule is CCCC(CCC)N(C(=O)CN1C[C@H](c2ccc3c(c2)OCO3)[C@@H](C(=O)O)[C@@H]1CN1CCCC1=O)c1ccc(F)c(C)c1. The number of hydrogen-bond donors (Lipinski definition) is 1. The van der Waals surface area contributed by atoms with Gasteiger partial charge in [0.2, 0.25) is 18.6 Å². The van der Waals surface area contributed by atoms with Crippen molar-refractivity contribution in [1.29, 1.82) is 0 Å². The zero-order valence-corrected chi connectivity index (χ0v) is 25.3. The van der Waals surface area contributed by atoms with Gasteiger partial charge in [-0.05, 0) is 67.6 Å². The fourth-order valence-corrected chi connectivity index (χ4v) is 6.98.